The van der Waals surface area contributed by atoms with Crippen LogP contribution in [0.4, 0.5) is 0 Å². The monoisotopic (exact) mass is 237 g/mol. The van der Waals surface area contributed by atoms with Crippen molar-refractivity contribution in [1.29, 1.82) is 0 Å². The number of hydrogen-bond donors (Lipinski definition) is 1. The molecule has 0 fully saturated rings. The number of amides is 1. The number of rotatable bonds is 6. The lowest BCUT2D eigenvalue weighted by molar-refractivity contribution is -0.121. The zero-order valence-corrected chi connectivity index (χ0v) is 9.86. The minimum absolute atomic E-state index is 0.0894. The second kappa shape index (κ2) is 6.52. The molecule has 0 unspecified atom stereocenters. The molecule has 0 aliphatic rings. The Hall–Kier alpha value is -2.04. The highest BCUT2D eigenvalue weighted by Gasteiger charge is 2.06. The highest BCUT2D eigenvalue weighted by molar-refractivity contribution is 5.76. The lowest BCUT2D eigenvalue weighted by atomic mass is 10.2. The minimum atomic E-state index is -0.0894. The van der Waals surface area contributed by atoms with Crippen molar-refractivity contribution in [3.8, 4) is 11.5 Å². The van der Waals surface area contributed by atoms with Crippen molar-refractivity contribution in [2.75, 3.05) is 20.8 Å². The standard InChI is InChI=1S/C12H15NO4/c1-13-12(15)5-6-17-10-4-3-9(8-14)7-11(10)16-2/h3-4,7-8H,5-6H2,1-2H3,(H,13,15). The number of benzene rings is 1. The van der Waals surface area contributed by atoms with Gasteiger partial charge in [-0.3, -0.25) is 9.59 Å². The Kier molecular flexibility index (Phi) is 5.00. The molecule has 0 saturated heterocycles. The van der Waals surface area contributed by atoms with Crippen molar-refractivity contribution in [3.05, 3.63) is 23.8 Å². The molecule has 0 aliphatic carbocycles. The summed E-state index contributed by atoms with van der Waals surface area (Å²) in [6, 6.07) is 4.86. The van der Waals surface area contributed by atoms with Crippen LogP contribution < -0.4 is 14.8 Å². The van der Waals surface area contributed by atoms with E-state index in [1.54, 1.807) is 25.2 Å². The van der Waals surface area contributed by atoms with Crippen molar-refractivity contribution in [2.24, 2.45) is 0 Å². The van der Waals surface area contributed by atoms with E-state index in [0.29, 0.717) is 17.1 Å². The van der Waals surface area contributed by atoms with Gasteiger partial charge < -0.3 is 14.8 Å². The summed E-state index contributed by atoms with van der Waals surface area (Å²) in [4.78, 5) is 21.6. The van der Waals surface area contributed by atoms with E-state index in [2.05, 4.69) is 5.32 Å². The van der Waals surface area contributed by atoms with E-state index in [9.17, 15) is 9.59 Å². The first-order chi connectivity index (χ1) is 8.21. The van der Waals surface area contributed by atoms with Gasteiger partial charge in [-0.1, -0.05) is 0 Å². The molecule has 5 heteroatoms. The van der Waals surface area contributed by atoms with Gasteiger partial charge in [0.1, 0.15) is 6.29 Å². The third kappa shape index (κ3) is 3.79. The zero-order valence-electron chi connectivity index (χ0n) is 9.86. The first-order valence-electron chi connectivity index (χ1n) is 5.18. The first-order valence-corrected chi connectivity index (χ1v) is 5.18. The van der Waals surface area contributed by atoms with Crippen LogP contribution in [0.5, 0.6) is 11.5 Å². The summed E-state index contributed by atoms with van der Waals surface area (Å²) in [5.41, 5.74) is 0.514. The van der Waals surface area contributed by atoms with E-state index < -0.39 is 0 Å². The molecule has 0 spiro atoms. The van der Waals surface area contributed by atoms with Gasteiger partial charge in [0.15, 0.2) is 11.5 Å². The van der Waals surface area contributed by atoms with Gasteiger partial charge in [-0.2, -0.15) is 0 Å². The molecule has 0 aromatic heterocycles. The Bertz CT molecular complexity index is 403. The Morgan fingerprint density at radius 3 is 2.76 bits per heavy atom. The number of carbonyl (C=O) groups is 2. The van der Waals surface area contributed by atoms with Crippen molar-refractivity contribution < 1.29 is 19.1 Å². The quantitative estimate of drug-likeness (QED) is 0.750. The largest absolute Gasteiger partial charge is 0.493 e. The molecule has 1 N–H and O–H groups in total. The summed E-state index contributed by atoms with van der Waals surface area (Å²) in [7, 11) is 3.07. The molecule has 0 atom stereocenters. The van der Waals surface area contributed by atoms with Crippen LogP contribution in [-0.2, 0) is 4.79 Å². The molecule has 0 saturated carbocycles. The van der Waals surface area contributed by atoms with Crippen LogP contribution in [0.2, 0.25) is 0 Å². The number of carbonyl (C=O) groups excluding carboxylic acids is 2. The van der Waals surface area contributed by atoms with E-state index in [1.165, 1.54) is 7.11 Å². The van der Waals surface area contributed by atoms with E-state index in [1.807, 2.05) is 0 Å². The predicted molar refractivity (Wildman–Crippen MR) is 62.6 cm³/mol. The van der Waals surface area contributed by atoms with Gasteiger partial charge in [-0.05, 0) is 18.2 Å². The van der Waals surface area contributed by atoms with E-state index in [4.69, 9.17) is 9.47 Å². The highest BCUT2D eigenvalue weighted by Crippen LogP contribution is 2.27. The Morgan fingerprint density at radius 2 is 2.18 bits per heavy atom. The minimum Gasteiger partial charge on any atom is -0.493 e. The molecule has 1 rings (SSSR count). The Labute approximate surface area is 99.7 Å². The Balaban J connectivity index is 2.64. The van der Waals surface area contributed by atoms with Crippen LogP contribution >= 0.6 is 0 Å². The smallest absolute Gasteiger partial charge is 0.223 e. The predicted octanol–water partition coefficient (Wildman–Crippen LogP) is 1.02. The summed E-state index contributed by atoms with van der Waals surface area (Å²) in [5, 5.41) is 2.50. The average molecular weight is 237 g/mol. The van der Waals surface area contributed by atoms with Gasteiger partial charge in [-0.15, -0.1) is 0 Å². The van der Waals surface area contributed by atoms with Gasteiger partial charge >= 0.3 is 0 Å². The summed E-state index contributed by atoms with van der Waals surface area (Å²) >= 11 is 0. The van der Waals surface area contributed by atoms with Crippen LogP contribution in [0.1, 0.15) is 16.8 Å². The van der Waals surface area contributed by atoms with E-state index >= 15 is 0 Å². The fourth-order valence-corrected chi connectivity index (χ4v) is 1.26. The number of nitrogens with one attached hydrogen (secondary N) is 1. The zero-order chi connectivity index (χ0) is 12.7. The fourth-order valence-electron chi connectivity index (χ4n) is 1.26. The van der Waals surface area contributed by atoms with Gasteiger partial charge in [0, 0.05) is 12.6 Å². The summed E-state index contributed by atoms with van der Waals surface area (Å²) in [6.07, 6.45) is 1.01. The normalized spacial score (nSPS) is 9.53. The molecular formula is C12H15NO4. The SMILES string of the molecule is CNC(=O)CCOc1ccc(C=O)cc1OC. The average Bonchev–Trinajstić information content (AvgIpc) is 2.38. The maximum Gasteiger partial charge on any atom is 0.223 e. The molecule has 92 valence electrons. The van der Waals surface area contributed by atoms with Crippen LogP contribution in [0, 0.1) is 0 Å². The molecule has 1 aromatic carbocycles. The maximum atomic E-state index is 11.0. The molecule has 0 aliphatic heterocycles. The Morgan fingerprint density at radius 1 is 1.41 bits per heavy atom. The van der Waals surface area contributed by atoms with Crippen molar-refractivity contribution >= 4 is 12.2 Å². The molecular weight excluding hydrogens is 222 g/mol. The number of ether oxygens (including phenoxy) is 2. The van der Waals surface area contributed by atoms with Gasteiger partial charge in [0.05, 0.1) is 20.1 Å². The van der Waals surface area contributed by atoms with Crippen molar-refractivity contribution in [3.63, 3.8) is 0 Å². The third-order valence-electron chi connectivity index (χ3n) is 2.19. The van der Waals surface area contributed by atoms with Crippen LogP contribution in [0.3, 0.4) is 0 Å². The molecule has 0 radical (unpaired) electrons. The number of hydrogen-bond acceptors (Lipinski definition) is 4. The second-order valence-electron chi connectivity index (χ2n) is 3.30. The van der Waals surface area contributed by atoms with Crippen molar-refractivity contribution in [1.82, 2.24) is 5.32 Å². The lowest BCUT2D eigenvalue weighted by Gasteiger charge is -2.10. The third-order valence-corrected chi connectivity index (χ3v) is 2.19. The van der Waals surface area contributed by atoms with Gasteiger partial charge in [0.2, 0.25) is 5.91 Å². The molecule has 0 bridgehead atoms. The first kappa shape index (κ1) is 13.0. The molecule has 0 heterocycles. The fraction of sp³-hybridized carbons (Fsp3) is 0.333. The summed E-state index contributed by atoms with van der Waals surface area (Å²) in [5.74, 6) is 0.905. The maximum absolute atomic E-state index is 11.0. The molecule has 1 aromatic rings. The molecule has 17 heavy (non-hydrogen) atoms. The molecule has 1 amide bonds. The van der Waals surface area contributed by atoms with E-state index in [-0.39, 0.29) is 18.9 Å². The molecule has 5 nitrogen and oxygen atoms in total. The van der Waals surface area contributed by atoms with Gasteiger partial charge in [0.25, 0.3) is 0 Å². The van der Waals surface area contributed by atoms with E-state index in [0.717, 1.165) is 6.29 Å². The second-order valence-corrected chi connectivity index (χ2v) is 3.30. The summed E-state index contributed by atoms with van der Waals surface area (Å²) in [6.45, 7) is 0.260. The lowest BCUT2D eigenvalue weighted by Crippen LogP contribution is -2.20. The topological polar surface area (TPSA) is 64.6 Å². The van der Waals surface area contributed by atoms with Crippen molar-refractivity contribution in [2.45, 2.75) is 6.42 Å². The van der Waals surface area contributed by atoms with Gasteiger partial charge in [-0.25, -0.2) is 0 Å². The number of aldehydes is 1. The summed E-state index contributed by atoms with van der Waals surface area (Å²) < 4.78 is 10.5. The van der Waals surface area contributed by atoms with Crippen LogP contribution in [-0.4, -0.2) is 33.0 Å². The van der Waals surface area contributed by atoms with Crippen LogP contribution in [0.25, 0.3) is 0 Å². The highest BCUT2D eigenvalue weighted by atomic mass is 16.5. The van der Waals surface area contributed by atoms with Crippen LogP contribution in [0.15, 0.2) is 18.2 Å². The number of methoxy groups -OCH3 is 1.